The number of para-hydroxylation sites is 1. The summed E-state index contributed by atoms with van der Waals surface area (Å²) in [6.07, 6.45) is 1.82. The van der Waals surface area contributed by atoms with Gasteiger partial charge in [-0.25, -0.2) is 9.67 Å². The maximum atomic E-state index is 12.4. The summed E-state index contributed by atoms with van der Waals surface area (Å²) in [5.41, 5.74) is 3.58. The highest BCUT2D eigenvalue weighted by molar-refractivity contribution is 6.00. The molecule has 156 valence electrons. The molecule has 4 aromatic rings. The normalized spacial score (nSPS) is 10.8. The van der Waals surface area contributed by atoms with Crippen LogP contribution in [-0.2, 0) is 4.79 Å². The number of hydrogen-bond donors (Lipinski definition) is 1. The molecule has 4 rings (SSSR count). The lowest BCUT2D eigenvalue weighted by molar-refractivity contribution is -0.116. The van der Waals surface area contributed by atoms with E-state index in [2.05, 4.69) is 15.4 Å². The summed E-state index contributed by atoms with van der Waals surface area (Å²) in [5.74, 6) is 0.352. The van der Waals surface area contributed by atoms with Gasteiger partial charge < -0.3 is 10.1 Å². The number of methoxy groups -OCH3 is 1. The van der Waals surface area contributed by atoms with E-state index in [-0.39, 0.29) is 24.5 Å². The maximum absolute atomic E-state index is 12.4. The van der Waals surface area contributed by atoms with Crippen molar-refractivity contribution in [1.29, 1.82) is 0 Å². The second-order valence-corrected chi connectivity index (χ2v) is 7.13. The number of aryl methyl sites for hydroxylation is 1. The lowest BCUT2D eigenvalue weighted by atomic mass is 10.1. The number of nitrogens with one attached hydrogen (secondary N) is 1. The third-order valence-electron chi connectivity index (χ3n) is 4.98. The number of amides is 1. The molecular formula is C24H22N4O3. The number of carbonyl (C=O) groups is 2. The number of aromatic nitrogens is 3. The second kappa shape index (κ2) is 8.79. The second-order valence-electron chi connectivity index (χ2n) is 7.13. The number of benzene rings is 2. The SMILES string of the molecule is COc1ccc(C(=O)CCC(=O)Nc2cnc3c(c2)c(C)nn3-c2ccccc2)cc1. The number of ketones is 1. The van der Waals surface area contributed by atoms with Crippen LogP contribution in [-0.4, -0.2) is 33.6 Å². The van der Waals surface area contributed by atoms with Crippen LogP contribution < -0.4 is 10.1 Å². The smallest absolute Gasteiger partial charge is 0.224 e. The first-order chi connectivity index (χ1) is 15.0. The fourth-order valence-electron chi connectivity index (χ4n) is 3.33. The summed E-state index contributed by atoms with van der Waals surface area (Å²) < 4.78 is 6.87. The molecule has 1 N–H and O–H groups in total. The molecule has 0 bridgehead atoms. The van der Waals surface area contributed by atoms with Crippen molar-refractivity contribution in [2.45, 2.75) is 19.8 Å². The van der Waals surface area contributed by atoms with Crippen LogP contribution in [0.15, 0.2) is 66.9 Å². The molecule has 0 radical (unpaired) electrons. The predicted octanol–water partition coefficient (Wildman–Crippen LogP) is 4.34. The summed E-state index contributed by atoms with van der Waals surface area (Å²) >= 11 is 0. The molecule has 2 aromatic carbocycles. The van der Waals surface area contributed by atoms with Crippen molar-refractivity contribution < 1.29 is 14.3 Å². The summed E-state index contributed by atoms with van der Waals surface area (Å²) in [4.78, 5) is 29.2. The van der Waals surface area contributed by atoms with Gasteiger partial charge >= 0.3 is 0 Å². The first kappa shape index (κ1) is 20.3. The average molecular weight is 414 g/mol. The highest BCUT2D eigenvalue weighted by Crippen LogP contribution is 2.23. The van der Waals surface area contributed by atoms with Gasteiger partial charge in [0.2, 0.25) is 5.91 Å². The molecule has 0 spiro atoms. The van der Waals surface area contributed by atoms with Crippen molar-refractivity contribution in [2.75, 3.05) is 12.4 Å². The molecule has 0 fully saturated rings. The Hall–Kier alpha value is -4.00. The predicted molar refractivity (Wildman–Crippen MR) is 119 cm³/mol. The van der Waals surface area contributed by atoms with Crippen LogP contribution in [0.4, 0.5) is 5.69 Å². The number of carbonyl (C=O) groups excluding carboxylic acids is 2. The van der Waals surface area contributed by atoms with Crippen molar-refractivity contribution in [2.24, 2.45) is 0 Å². The zero-order valence-electron chi connectivity index (χ0n) is 17.3. The number of fused-ring (bicyclic) bond motifs is 1. The molecule has 31 heavy (non-hydrogen) atoms. The van der Waals surface area contributed by atoms with Gasteiger partial charge in [0.15, 0.2) is 11.4 Å². The zero-order chi connectivity index (χ0) is 21.8. The van der Waals surface area contributed by atoms with Crippen LogP contribution in [0.25, 0.3) is 16.7 Å². The van der Waals surface area contributed by atoms with E-state index in [1.807, 2.05) is 43.3 Å². The Bertz CT molecular complexity index is 1230. The standard InChI is InChI=1S/C24H22N4O3/c1-16-21-14-18(15-25-24(21)28(27-16)19-6-4-3-5-7-19)26-23(30)13-12-22(29)17-8-10-20(31-2)11-9-17/h3-11,14-15H,12-13H2,1-2H3,(H,26,30). The van der Waals surface area contributed by atoms with E-state index < -0.39 is 0 Å². The first-order valence-electron chi connectivity index (χ1n) is 9.93. The van der Waals surface area contributed by atoms with E-state index in [4.69, 9.17) is 4.74 Å². The maximum Gasteiger partial charge on any atom is 0.224 e. The number of Topliss-reactive ketones (excluding diaryl/α,β-unsaturated/α-hetero) is 1. The Morgan fingerprint density at radius 2 is 1.77 bits per heavy atom. The van der Waals surface area contributed by atoms with E-state index in [0.717, 1.165) is 22.4 Å². The molecule has 0 atom stereocenters. The molecule has 2 aromatic heterocycles. The fourth-order valence-corrected chi connectivity index (χ4v) is 3.33. The molecule has 0 saturated carbocycles. The molecule has 0 aliphatic rings. The fraction of sp³-hybridized carbons (Fsp3) is 0.167. The Balaban J connectivity index is 1.43. The zero-order valence-corrected chi connectivity index (χ0v) is 17.3. The summed E-state index contributed by atoms with van der Waals surface area (Å²) in [6.45, 7) is 1.91. The van der Waals surface area contributed by atoms with Gasteiger partial charge in [-0.1, -0.05) is 18.2 Å². The Labute approximate surface area is 179 Å². The van der Waals surface area contributed by atoms with Crippen molar-refractivity contribution >= 4 is 28.4 Å². The number of pyridine rings is 1. The minimum atomic E-state index is -0.240. The van der Waals surface area contributed by atoms with E-state index in [0.29, 0.717) is 17.0 Å². The van der Waals surface area contributed by atoms with Gasteiger partial charge in [-0.05, 0) is 49.4 Å². The lowest BCUT2D eigenvalue weighted by Gasteiger charge is -2.06. The van der Waals surface area contributed by atoms with E-state index >= 15 is 0 Å². The topological polar surface area (TPSA) is 86.1 Å². The van der Waals surface area contributed by atoms with Gasteiger partial charge in [-0.15, -0.1) is 0 Å². The molecule has 0 aliphatic carbocycles. The third-order valence-corrected chi connectivity index (χ3v) is 4.98. The minimum Gasteiger partial charge on any atom is -0.497 e. The van der Waals surface area contributed by atoms with Gasteiger partial charge in [-0.2, -0.15) is 5.10 Å². The summed E-state index contributed by atoms with van der Waals surface area (Å²) in [5, 5.41) is 8.26. The first-order valence-corrected chi connectivity index (χ1v) is 9.93. The van der Waals surface area contributed by atoms with E-state index in [9.17, 15) is 9.59 Å². The Morgan fingerprint density at radius 3 is 2.48 bits per heavy atom. The lowest BCUT2D eigenvalue weighted by Crippen LogP contribution is -2.13. The quantitative estimate of drug-likeness (QED) is 0.455. The molecule has 0 saturated heterocycles. The van der Waals surface area contributed by atoms with Crippen LogP contribution in [0.2, 0.25) is 0 Å². The molecule has 0 aliphatic heterocycles. The highest BCUT2D eigenvalue weighted by atomic mass is 16.5. The molecule has 1 amide bonds. The van der Waals surface area contributed by atoms with Gasteiger partial charge in [0, 0.05) is 23.8 Å². The summed E-state index contributed by atoms with van der Waals surface area (Å²) in [7, 11) is 1.57. The molecular weight excluding hydrogens is 392 g/mol. The largest absolute Gasteiger partial charge is 0.497 e. The van der Waals surface area contributed by atoms with Crippen LogP contribution >= 0.6 is 0 Å². The summed E-state index contributed by atoms with van der Waals surface area (Å²) in [6, 6.07) is 18.5. The van der Waals surface area contributed by atoms with Gasteiger partial charge in [0.25, 0.3) is 0 Å². The van der Waals surface area contributed by atoms with Crippen LogP contribution in [0.3, 0.4) is 0 Å². The van der Waals surface area contributed by atoms with Crippen LogP contribution in [0.1, 0.15) is 28.9 Å². The molecule has 2 heterocycles. The number of rotatable bonds is 7. The van der Waals surface area contributed by atoms with Crippen molar-refractivity contribution in [3.8, 4) is 11.4 Å². The van der Waals surface area contributed by atoms with Crippen LogP contribution in [0, 0.1) is 6.92 Å². The van der Waals surface area contributed by atoms with Gasteiger partial charge in [-0.3, -0.25) is 9.59 Å². The van der Waals surface area contributed by atoms with Crippen LogP contribution in [0.5, 0.6) is 5.75 Å². The minimum absolute atomic E-state index is 0.0885. The average Bonchev–Trinajstić information content (AvgIpc) is 3.14. The Morgan fingerprint density at radius 1 is 1.03 bits per heavy atom. The number of hydrogen-bond acceptors (Lipinski definition) is 5. The number of anilines is 1. The highest BCUT2D eigenvalue weighted by Gasteiger charge is 2.13. The van der Waals surface area contributed by atoms with E-state index in [1.54, 1.807) is 42.3 Å². The molecule has 7 heteroatoms. The Kier molecular flexibility index (Phi) is 5.75. The monoisotopic (exact) mass is 414 g/mol. The van der Waals surface area contributed by atoms with Gasteiger partial charge in [0.1, 0.15) is 5.75 Å². The van der Waals surface area contributed by atoms with Gasteiger partial charge in [0.05, 0.1) is 30.4 Å². The van der Waals surface area contributed by atoms with Crippen molar-refractivity contribution in [3.05, 3.63) is 78.1 Å². The number of ether oxygens (including phenoxy) is 1. The molecule has 7 nitrogen and oxygen atoms in total. The molecule has 0 unspecified atom stereocenters. The number of nitrogens with zero attached hydrogens (tertiary/aromatic N) is 3. The third kappa shape index (κ3) is 4.45. The van der Waals surface area contributed by atoms with Crippen molar-refractivity contribution in [1.82, 2.24) is 14.8 Å². The van der Waals surface area contributed by atoms with Crippen molar-refractivity contribution in [3.63, 3.8) is 0 Å². The van der Waals surface area contributed by atoms with E-state index in [1.165, 1.54) is 0 Å².